The molecule has 3 heterocycles. The third-order valence-electron chi connectivity index (χ3n) is 5.66. The van der Waals surface area contributed by atoms with Gasteiger partial charge in [-0.05, 0) is 54.3 Å². The Balaban J connectivity index is 0.00000205. The molecule has 0 saturated carbocycles. The molecule has 1 aliphatic rings. The van der Waals surface area contributed by atoms with Crippen LogP contribution in [0.2, 0.25) is 0 Å². The van der Waals surface area contributed by atoms with E-state index >= 15 is 0 Å². The highest BCUT2D eigenvalue weighted by atomic mass is 35.5. The normalized spacial score (nSPS) is 13.2. The molecule has 2 aromatic carbocycles. The monoisotopic (exact) mass is 407 g/mol. The van der Waals surface area contributed by atoms with Crippen LogP contribution in [0.15, 0.2) is 66.9 Å². The van der Waals surface area contributed by atoms with Crippen LogP contribution in [0.5, 0.6) is 0 Å². The molecule has 2 aromatic heterocycles. The quantitative estimate of drug-likeness (QED) is 0.446. The number of anilines is 1. The van der Waals surface area contributed by atoms with Gasteiger partial charge in [-0.15, -0.1) is 12.4 Å². The third kappa shape index (κ3) is 3.60. The van der Waals surface area contributed by atoms with Crippen molar-refractivity contribution in [1.82, 2.24) is 9.55 Å². The largest absolute Gasteiger partial charge is 0.350 e. The maximum atomic E-state index is 13.7. The number of fused-ring (bicyclic) bond motifs is 2. The van der Waals surface area contributed by atoms with Gasteiger partial charge in [0.15, 0.2) is 5.82 Å². The minimum atomic E-state index is -0.197. The standard InChI is InChI=1S/C24H22FN3.ClH/c1-17-13-20-9-11-26-24(27-12-10-19-6-2-3-7-21(19)16-27)23(20)28(17)15-18-5-4-8-22(25)14-18;/h2-9,11,13-14H,10,12,15-16H2,1H3;1H. The average Bonchev–Trinajstić information content (AvgIpc) is 3.03. The third-order valence-corrected chi connectivity index (χ3v) is 5.66. The second kappa shape index (κ2) is 7.88. The lowest BCUT2D eigenvalue weighted by molar-refractivity contribution is 0.623. The number of halogens is 2. The van der Waals surface area contributed by atoms with E-state index in [1.54, 1.807) is 12.1 Å². The van der Waals surface area contributed by atoms with Gasteiger partial charge in [0, 0.05) is 36.9 Å². The van der Waals surface area contributed by atoms with Gasteiger partial charge in [0.1, 0.15) is 5.82 Å². The molecule has 148 valence electrons. The van der Waals surface area contributed by atoms with Crippen LogP contribution in [0.4, 0.5) is 10.2 Å². The van der Waals surface area contributed by atoms with E-state index in [1.807, 2.05) is 12.3 Å². The molecule has 0 aliphatic carbocycles. The summed E-state index contributed by atoms with van der Waals surface area (Å²) in [6.07, 6.45) is 2.92. The smallest absolute Gasteiger partial charge is 0.153 e. The highest BCUT2D eigenvalue weighted by molar-refractivity contribution is 5.91. The Kier molecular flexibility index (Phi) is 5.29. The number of pyridine rings is 1. The Morgan fingerprint density at radius 3 is 2.66 bits per heavy atom. The van der Waals surface area contributed by atoms with Gasteiger partial charge < -0.3 is 9.47 Å². The fourth-order valence-electron chi connectivity index (χ4n) is 4.26. The summed E-state index contributed by atoms with van der Waals surface area (Å²) in [5.74, 6) is 0.814. The number of benzene rings is 2. The van der Waals surface area contributed by atoms with Gasteiger partial charge in [0.25, 0.3) is 0 Å². The number of rotatable bonds is 3. The molecule has 0 atom stereocenters. The van der Waals surface area contributed by atoms with E-state index in [4.69, 9.17) is 4.98 Å². The number of hydrogen-bond donors (Lipinski definition) is 0. The van der Waals surface area contributed by atoms with E-state index in [-0.39, 0.29) is 18.2 Å². The first-order valence-corrected chi connectivity index (χ1v) is 9.70. The van der Waals surface area contributed by atoms with E-state index in [2.05, 4.69) is 52.8 Å². The van der Waals surface area contributed by atoms with Crippen molar-refractivity contribution in [2.24, 2.45) is 0 Å². The molecular weight excluding hydrogens is 385 g/mol. The Morgan fingerprint density at radius 1 is 1.00 bits per heavy atom. The summed E-state index contributed by atoms with van der Waals surface area (Å²) in [6.45, 7) is 4.56. The summed E-state index contributed by atoms with van der Waals surface area (Å²) in [5.41, 5.74) is 6.04. The zero-order chi connectivity index (χ0) is 19.1. The van der Waals surface area contributed by atoms with E-state index < -0.39 is 0 Å². The van der Waals surface area contributed by atoms with Crippen molar-refractivity contribution in [3.05, 3.63) is 95.1 Å². The number of aryl methyl sites for hydroxylation is 1. The zero-order valence-electron chi connectivity index (χ0n) is 16.3. The minimum absolute atomic E-state index is 0. The van der Waals surface area contributed by atoms with Crippen LogP contribution in [-0.2, 0) is 19.5 Å². The highest BCUT2D eigenvalue weighted by Gasteiger charge is 2.21. The van der Waals surface area contributed by atoms with Crippen LogP contribution in [0, 0.1) is 12.7 Å². The van der Waals surface area contributed by atoms with Crippen molar-refractivity contribution in [3.8, 4) is 0 Å². The van der Waals surface area contributed by atoms with Crippen LogP contribution in [0.1, 0.15) is 22.4 Å². The van der Waals surface area contributed by atoms with Crippen molar-refractivity contribution in [2.45, 2.75) is 26.4 Å². The molecule has 0 N–H and O–H groups in total. The lowest BCUT2D eigenvalue weighted by atomic mass is 10.00. The van der Waals surface area contributed by atoms with E-state index in [9.17, 15) is 4.39 Å². The lowest BCUT2D eigenvalue weighted by Gasteiger charge is -2.30. The molecule has 0 saturated heterocycles. The molecule has 0 radical (unpaired) electrons. The molecule has 0 bridgehead atoms. The molecule has 3 nitrogen and oxygen atoms in total. The van der Waals surface area contributed by atoms with E-state index in [0.717, 1.165) is 42.1 Å². The Morgan fingerprint density at radius 2 is 1.83 bits per heavy atom. The summed E-state index contributed by atoms with van der Waals surface area (Å²) in [6, 6.07) is 19.7. The minimum Gasteiger partial charge on any atom is -0.350 e. The Hall–Kier alpha value is -2.85. The molecule has 0 fully saturated rings. The molecule has 4 aromatic rings. The number of nitrogens with zero attached hydrogens (tertiary/aromatic N) is 3. The van der Waals surface area contributed by atoms with Crippen LogP contribution in [-0.4, -0.2) is 16.1 Å². The molecule has 5 rings (SSSR count). The van der Waals surface area contributed by atoms with Crippen molar-refractivity contribution in [1.29, 1.82) is 0 Å². The summed E-state index contributed by atoms with van der Waals surface area (Å²) in [4.78, 5) is 7.13. The van der Waals surface area contributed by atoms with Gasteiger partial charge in [-0.2, -0.15) is 0 Å². The molecule has 5 heteroatoms. The maximum Gasteiger partial charge on any atom is 0.153 e. The second-order valence-electron chi connectivity index (χ2n) is 7.51. The molecule has 0 amide bonds. The molecule has 0 unspecified atom stereocenters. The van der Waals surface area contributed by atoms with Gasteiger partial charge in [-0.3, -0.25) is 0 Å². The van der Waals surface area contributed by atoms with Gasteiger partial charge in [-0.1, -0.05) is 36.4 Å². The maximum absolute atomic E-state index is 13.7. The first-order valence-electron chi connectivity index (χ1n) is 9.70. The fraction of sp³-hybridized carbons (Fsp3) is 0.208. The first kappa shape index (κ1) is 19.5. The Bertz CT molecular complexity index is 1170. The van der Waals surface area contributed by atoms with Crippen LogP contribution in [0.25, 0.3) is 10.9 Å². The van der Waals surface area contributed by atoms with Crippen molar-refractivity contribution < 1.29 is 4.39 Å². The SMILES string of the molecule is Cc1cc2ccnc(N3CCc4ccccc4C3)c2n1Cc1cccc(F)c1.Cl. The van der Waals surface area contributed by atoms with Crippen molar-refractivity contribution in [3.63, 3.8) is 0 Å². The van der Waals surface area contributed by atoms with Crippen LogP contribution in [0.3, 0.4) is 0 Å². The highest BCUT2D eigenvalue weighted by Crippen LogP contribution is 2.31. The predicted molar refractivity (Wildman–Crippen MR) is 118 cm³/mol. The molecule has 1 aliphatic heterocycles. The average molecular weight is 408 g/mol. The molecular formula is C24H23ClFN3. The summed E-state index contributed by atoms with van der Waals surface area (Å²) < 4.78 is 15.9. The molecule has 29 heavy (non-hydrogen) atoms. The van der Waals surface area contributed by atoms with Gasteiger partial charge in [0.05, 0.1) is 5.52 Å². The van der Waals surface area contributed by atoms with E-state index in [1.165, 1.54) is 22.6 Å². The summed E-state index contributed by atoms with van der Waals surface area (Å²) in [7, 11) is 0. The topological polar surface area (TPSA) is 21.1 Å². The Labute approximate surface area is 176 Å². The van der Waals surface area contributed by atoms with Gasteiger partial charge in [-0.25, -0.2) is 9.37 Å². The van der Waals surface area contributed by atoms with Gasteiger partial charge >= 0.3 is 0 Å². The van der Waals surface area contributed by atoms with Crippen molar-refractivity contribution >= 4 is 29.1 Å². The van der Waals surface area contributed by atoms with E-state index in [0.29, 0.717) is 6.54 Å². The second-order valence-corrected chi connectivity index (χ2v) is 7.51. The van der Waals surface area contributed by atoms with Crippen LogP contribution < -0.4 is 4.90 Å². The predicted octanol–water partition coefficient (Wildman–Crippen LogP) is 5.52. The number of hydrogen-bond acceptors (Lipinski definition) is 2. The fourth-order valence-corrected chi connectivity index (χ4v) is 4.26. The van der Waals surface area contributed by atoms with Crippen LogP contribution >= 0.6 is 12.4 Å². The van der Waals surface area contributed by atoms with Crippen molar-refractivity contribution in [2.75, 3.05) is 11.4 Å². The van der Waals surface area contributed by atoms with Gasteiger partial charge in [0.2, 0.25) is 0 Å². The lowest BCUT2D eigenvalue weighted by Crippen LogP contribution is -2.31. The zero-order valence-corrected chi connectivity index (χ0v) is 17.1. The first-order chi connectivity index (χ1) is 13.7. The summed E-state index contributed by atoms with van der Waals surface area (Å²) in [5, 5.41) is 1.18. The summed E-state index contributed by atoms with van der Waals surface area (Å²) >= 11 is 0. The number of aromatic nitrogens is 2. The molecule has 0 spiro atoms.